The Morgan fingerprint density at radius 1 is 0.955 bits per heavy atom. The molecule has 0 bridgehead atoms. The molecular formula is C15H24N6O. The second-order valence-electron chi connectivity index (χ2n) is 6.09. The molecule has 2 saturated heterocycles. The Balaban J connectivity index is 1.74. The Morgan fingerprint density at radius 3 is 2.23 bits per heavy atom. The molecule has 1 amide bonds. The molecular weight excluding hydrogens is 280 g/mol. The first-order valence-corrected chi connectivity index (χ1v) is 7.89. The summed E-state index contributed by atoms with van der Waals surface area (Å²) >= 11 is 0. The number of carbonyl (C=O) groups excluding carboxylic acids is 1. The Hall–Kier alpha value is -1.89. The number of amides is 1. The number of carbonyl (C=O) groups is 1. The molecule has 0 spiro atoms. The van der Waals surface area contributed by atoms with Crippen LogP contribution in [0.2, 0.25) is 0 Å². The normalized spacial score (nSPS) is 20.4. The van der Waals surface area contributed by atoms with E-state index >= 15 is 0 Å². The lowest BCUT2D eigenvalue weighted by molar-refractivity contribution is -0.118. The monoisotopic (exact) mass is 304 g/mol. The highest BCUT2D eigenvalue weighted by atomic mass is 16.1. The fraction of sp³-hybridized carbons (Fsp3) is 0.667. The van der Waals surface area contributed by atoms with Crippen LogP contribution >= 0.6 is 0 Å². The maximum Gasteiger partial charge on any atom is 0.227 e. The summed E-state index contributed by atoms with van der Waals surface area (Å²) in [5, 5.41) is 0. The van der Waals surface area contributed by atoms with Crippen LogP contribution in [-0.4, -0.2) is 85.6 Å². The molecule has 0 atom stereocenters. The predicted molar refractivity (Wildman–Crippen MR) is 86.3 cm³/mol. The van der Waals surface area contributed by atoms with Gasteiger partial charge in [-0.05, 0) is 14.0 Å². The van der Waals surface area contributed by atoms with Crippen LogP contribution in [0, 0.1) is 6.92 Å². The van der Waals surface area contributed by atoms with Gasteiger partial charge in [-0.25, -0.2) is 4.98 Å². The smallest absolute Gasteiger partial charge is 0.227 e. The molecule has 0 saturated carbocycles. The van der Waals surface area contributed by atoms with Crippen LogP contribution in [0.3, 0.4) is 0 Å². The van der Waals surface area contributed by atoms with Gasteiger partial charge in [-0.3, -0.25) is 4.79 Å². The van der Waals surface area contributed by atoms with Crippen molar-refractivity contribution < 1.29 is 4.79 Å². The number of nitrogens with zero attached hydrogens (tertiary/aromatic N) is 6. The van der Waals surface area contributed by atoms with E-state index in [1.807, 2.05) is 17.9 Å². The maximum absolute atomic E-state index is 10.8. The van der Waals surface area contributed by atoms with Gasteiger partial charge in [0.1, 0.15) is 5.82 Å². The first-order valence-electron chi connectivity index (χ1n) is 7.89. The topological polar surface area (TPSA) is 55.8 Å². The first-order chi connectivity index (χ1) is 10.7. The third-order valence-electron chi connectivity index (χ3n) is 4.40. The zero-order valence-electron chi connectivity index (χ0n) is 13.4. The summed E-state index contributed by atoms with van der Waals surface area (Å²) < 4.78 is 0. The van der Waals surface area contributed by atoms with E-state index in [-0.39, 0.29) is 0 Å². The quantitative estimate of drug-likeness (QED) is 0.722. The van der Waals surface area contributed by atoms with E-state index < -0.39 is 0 Å². The van der Waals surface area contributed by atoms with Crippen molar-refractivity contribution in [1.82, 2.24) is 19.8 Å². The highest BCUT2D eigenvalue weighted by Gasteiger charge is 2.21. The highest BCUT2D eigenvalue weighted by Crippen LogP contribution is 2.19. The number of hydrogen-bond acceptors (Lipinski definition) is 6. The molecule has 2 aliphatic heterocycles. The molecule has 2 fully saturated rings. The van der Waals surface area contributed by atoms with Crippen molar-refractivity contribution in [2.75, 3.05) is 69.2 Å². The maximum atomic E-state index is 10.8. The third kappa shape index (κ3) is 3.30. The number of rotatable bonds is 3. The lowest BCUT2D eigenvalue weighted by Gasteiger charge is -2.35. The van der Waals surface area contributed by atoms with E-state index in [0.717, 1.165) is 76.2 Å². The van der Waals surface area contributed by atoms with Gasteiger partial charge in [-0.2, -0.15) is 4.98 Å². The second-order valence-corrected chi connectivity index (χ2v) is 6.09. The van der Waals surface area contributed by atoms with Crippen molar-refractivity contribution in [3.63, 3.8) is 0 Å². The van der Waals surface area contributed by atoms with Gasteiger partial charge in [-0.1, -0.05) is 0 Å². The minimum absolute atomic E-state index is 0.760. The van der Waals surface area contributed by atoms with Crippen molar-refractivity contribution in [2.45, 2.75) is 6.92 Å². The molecule has 7 nitrogen and oxygen atoms in total. The van der Waals surface area contributed by atoms with E-state index in [9.17, 15) is 4.79 Å². The van der Waals surface area contributed by atoms with E-state index in [0.29, 0.717) is 0 Å². The van der Waals surface area contributed by atoms with Gasteiger partial charge in [0.05, 0.1) is 0 Å². The van der Waals surface area contributed by atoms with Crippen molar-refractivity contribution >= 4 is 18.2 Å². The van der Waals surface area contributed by atoms with Crippen molar-refractivity contribution in [2.24, 2.45) is 0 Å². The van der Waals surface area contributed by atoms with Crippen LogP contribution in [0.1, 0.15) is 5.69 Å². The van der Waals surface area contributed by atoms with Crippen LogP contribution in [-0.2, 0) is 4.79 Å². The van der Waals surface area contributed by atoms with E-state index in [4.69, 9.17) is 4.98 Å². The van der Waals surface area contributed by atoms with Gasteiger partial charge in [0, 0.05) is 64.1 Å². The van der Waals surface area contributed by atoms with Crippen molar-refractivity contribution in [3.8, 4) is 0 Å². The summed E-state index contributed by atoms with van der Waals surface area (Å²) in [6.45, 7) is 9.24. The molecule has 0 radical (unpaired) electrons. The summed E-state index contributed by atoms with van der Waals surface area (Å²) in [5.74, 6) is 1.81. The fourth-order valence-electron chi connectivity index (χ4n) is 2.90. The molecule has 1 aromatic heterocycles. The predicted octanol–water partition coefficient (Wildman–Crippen LogP) is -0.185. The van der Waals surface area contributed by atoms with Gasteiger partial charge >= 0.3 is 0 Å². The van der Waals surface area contributed by atoms with Gasteiger partial charge < -0.3 is 19.6 Å². The lowest BCUT2D eigenvalue weighted by atomic mass is 10.3. The number of anilines is 2. The summed E-state index contributed by atoms with van der Waals surface area (Å²) in [5.41, 5.74) is 0.997. The molecule has 1 aromatic rings. The average molecular weight is 304 g/mol. The zero-order chi connectivity index (χ0) is 15.5. The molecule has 120 valence electrons. The zero-order valence-corrected chi connectivity index (χ0v) is 13.4. The summed E-state index contributed by atoms with van der Waals surface area (Å²) in [7, 11) is 2.15. The van der Waals surface area contributed by atoms with Gasteiger partial charge in [-0.15, -0.1) is 0 Å². The van der Waals surface area contributed by atoms with Crippen LogP contribution in [0.25, 0.3) is 0 Å². The number of aromatic nitrogens is 2. The molecule has 0 unspecified atom stereocenters. The largest absolute Gasteiger partial charge is 0.353 e. The average Bonchev–Trinajstić information content (AvgIpc) is 2.55. The number of hydrogen-bond donors (Lipinski definition) is 0. The minimum Gasteiger partial charge on any atom is -0.353 e. The molecule has 7 heteroatoms. The molecule has 0 aliphatic carbocycles. The van der Waals surface area contributed by atoms with Gasteiger partial charge in [0.15, 0.2) is 0 Å². The van der Waals surface area contributed by atoms with Crippen LogP contribution in [0.4, 0.5) is 11.8 Å². The molecule has 2 aliphatic rings. The molecule has 22 heavy (non-hydrogen) atoms. The molecule has 0 aromatic carbocycles. The highest BCUT2D eigenvalue weighted by molar-refractivity contribution is 5.50. The summed E-state index contributed by atoms with van der Waals surface area (Å²) in [6, 6.07) is 2.04. The number of aryl methyl sites for hydroxylation is 1. The Morgan fingerprint density at radius 2 is 1.59 bits per heavy atom. The first kappa shape index (κ1) is 15.0. The molecule has 0 N–H and O–H groups in total. The second kappa shape index (κ2) is 6.48. The number of likely N-dealkylation sites (N-methyl/N-ethyl adjacent to an activating group) is 1. The Labute approximate surface area is 131 Å². The fourth-order valence-corrected chi connectivity index (χ4v) is 2.90. The van der Waals surface area contributed by atoms with Crippen molar-refractivity contribution in [3.05, 3.63) is 11.8 Å². The Bertz CT molecular complexity index is 521. The van der Waals surface area contributed by atoms with Gasteiger partial charge in [0.25, 0.3) is 0 Å². The Kier molecular flexibility index (Phi) is 4.42. The van der Waals surface area contributed by atoms with Crippen molar-refractivity contribution in [1.29, 1.82) is 0 Å². The lowest BCUT2D eigenvalue weighted by Crippen LogP contribution is -2.47. The van der Waals surface area contributed by atoms with Crippen LogP contribution in [0.5, 0.6) is 0 Å². The minimum atomic E-state index is 0.760. The SMILES string of the molecule is Cc1cc(N2CCN(C=O)CC2)nc(N2CCN(C)CC2)n1. The third-order valence-corrected chi connectivity index (χ3v) is 4.40. The molecule has 3 heterocycles. The van der Waals surface area contributed by atoms with Crippen LogP contribution < -0.4 is 9.80 Å². The van der Waals surface area contributed by atoms with Gasteiger partial charge in [0.2, 0.25) is 12.4 Å². The van der Waals surface area contributed by atoms with Crippen LogP contribution in [0.15, 0.2) is 6.07 Å². The summed E-state index contributed by atoms with van der Waals surface area (Å²) in [4.78, 5) is 28.8. The van der Waals surface area contributed by atoms with E-state index in [1.54, 1.807) is 0 Å². The standard InChI is InChI=1S/C15H24N6O/c1-13-11-14(20-9-5-19(12-22)6-10-20)17-15(16-13)21-7-3-18(2)4-8-21/h11-12H,3-10H2,1-2H3. The van der Waals surface area contributed by atoms with E-state index in [1.165, 1.54) is 0 Å². The molecule has 3 rings (SSSR count). The van der Waals surface area contributed by atoms with E-state index in [2.05, 4.69) is 26.7 Å². The number of piperazine rings is 2. The summed E-state index contributed by atoms with van der Waals surface area (Å²) in [6.07, 6.45) is 0.929.